The number of amides is 2. The van der Waals surface area contributed by atoms with Crippen molar-refractivity contribution in [3.63, 3.8) is 0 Å². The molecule has 162 valence electrons. The first kappa shape index (κ1) is 22.3. The minimum Gasteiger partial charge on any atom is -0.459 e. The highest BCUT2D eigenvalue weighted by atomic mass is 32.1. The van der Waals surface area contributed by atoms with Crippen molar-refractivity contribution < 1.29 is 14.3 Å². The number of anilines is 2. The molecule has 0 fully saturated rings. The summed E-state index contributed by atoms with van der Waals surface area (Å²) in [6.45, 7) is 5.46. The van der Waals surface area contributed by atoms with Crippen LogP contribution in [0.3, 0.4) is 0 Å². The molecule has 7 nitrogen and oxygen atoms in total. The van der Waals surface area contributed by atoms with Gasteiger partial charge in [-0.3, -0.25) is 0 Å². The number of urea groups is 1. The molecule has 2 amide bonds. The minimum absolute atomic E-state index is 0.248. The summed E-state index contributed by atoms with van der Waals surface area (Å²) in [6.07, 6.45) is -0.248. The van der Waals surface area contributed by atoms with Gasteiger partial charge in [0, 0.05) is 24.1 Å². The maximum atomic E-state index is 12.9. The zero-order chi connectivity index (χ0) is 22.5. The van der Waals surface area contributed by atoms with Crippen LogP contribution in [0.25, 0.3) is 0 Å². The Hall–Kier alpha value is -3.39. The van der Waals surface area contributed by atoms with Gasteiger partial charge in [0.05, 0.1) is 17.7 Å². The first-order chi connectivity index (χ1) is 14.8. The maximum absolute atomic E-state index is 12.9. The van der Waals surface area contributed by atoms with Gasteiger partial charge in [0.2, 0.25) is 0 Å². The highest BCUT2D eigenvalue weighted by molar-refractivity contribution is 7.80. The van der Waals surface area contributed by atoms with Gasteiger partial charge in [-0.25, -0.2) is 9.59 Å². The number of nitrogens with zero attached hydrogens (tertiary/aromatic N) is 1. The van der Waals surface area contributed by atoms with Crippen molar-refractivity contribution in [1.29, 1.82) is 0 Å². The molecule has 0 aliphatic carbocycles. The second-order valence-corrected chi connectivity index (χ2v) is 7.85. The van der Waals surface area contributed by atoms with Gasteiger partial charge in [-0.15, -0.1) is 0 Å². The number of carbonyl (C=O) groups is 2. The highest BCUT2D eigenvalue weighted by Crippen LogP contribution is 2.32. The highest BCUT2D eigenvalue weighted by Gasteiger charge is 2.34. The summed E-state index contributed by atoms with van der Waals surface area (Å²) in [7, 11) is 1.80. The Bertz CT molecular complexity index is 1020. The number of hydrogen-bond acceptors (Lipinski definition) is 4. The molecule has 0 spiro atoms. The SMILES string of the molecule is CC1=C(C(=O)OC(C)C)[C@H](c2cccc(NC(=O)Nc3ccccc3)c2)NC(=S)N1C. The van der Waals surface area contributed by atoms with Crippen LogP contribution in [-0.4, -0.2) is 35.2 Å². The third-order valence-corrected chi connectivity index (χ3v) is 5.22. The molecule has 0 aromatic heterocycles. The first-order valence-corrected chi connectivity index (χ1v) is 10.4. The van der Waals surface area contributed by atoms with Crippen molar-refractivity contribution in [2.24, 2.45) is 0 Å². The van der Waals surface area contributed by atoms with E-state index >= 15 is 0 Å². The predicted octanol–water partition coefficient (Wildman–Crippen LogP) is 4.42. The largest absolute Gasteiger partial charge is 0.459 e. The number of carbonyl (C=O) groups excluding carboxylic acids is 2. The van der Waals surface area contributed by atoms with E-state index in [-0.39, 0.29) is 12.1 Å². The third kappa shape index (κ3) is 5.40. The molecule has 2 aromatic carbocycles. The molecule has 0 bridgehead atoms. The van der Waals surface area contributed by atoms with Crippen molar-refractivity contribution in [3.05, 3.63) is 71.4 Å². The number of rotatable bonds is 5. The average molecular weight is 439 g/mol. The van der Waals surface area contributed by atoms with Crippen molar-refractivity contribution >= 4 is 40.7 Å². The Balaban J connectivity index is 1.86. The van der Waals surface area contributed by atoms with E-state index in [1.807, 2.05) is 57.2 Å². The summed E-state index contributed by atoms with van der Waals surface area (Å²) in [5, 5.41) is 9.32. The lowest BCUT2D eigenvalue weighted by Crippen LogP contribution is -2.46. The Morgan fingerprint density at radius 2 is 1.71 bits per heavy atom. The normalized spacial score (nSPS) is 16.1. The van der Waals surface area contributed by atoms with E-state index in [1.165, 1.54) is 0 Å². The minimum atomic E-state index is -0.492. The molecule has 3 N–H and O–H groups in total. The first-order valence-electron chi connectivity index (χ1n) is 9.95. The molecular weight excluding hydrogens is 412 g/mol. The quantitative estimate of drug-likeness (QED) is 0.474. The van der Waals surface area contributed by atoms with Gasteiger partial charge < -0.3 is 25.6 Å². The van der Waals surface area contributed by atoms with Crippen LogP contribution < -0.4 is 16.0 Å². The molecule has 3 rings (SSSR count). The molecular formula is C23H26N4O3S. The van der Waals surface area contributed by atoms with E-state index < -0.39 is 12.0 Å². The number of hydrogen-bond donors (Lipinski definition) is 3. The predicted molar refractivity (Wildman–Crippen MR) is 126 cm³/mol. The molecule has 0 saturated carbocycles. The van der Waals surface area contributed by atoms with Crippen LogP contribution >= 0.6 is 12.2 Å². The fourth-order valence-corrected chi connectivity index (χ4v) is 3.49. The van der Waals surface area contributed by atoms with Crippen molar-refractivity contribution in [1.82, 2.24) is 10.2 Å². The molecule has 0 saturated heterocycles. The molecule has 1 aliphatic rings. The van der Waals surface area contributed by atoms with Crippen LogP contribution in [0.4, 0.5) is 16.2 Å². The third-order valence-electron chi connectivity index (χ3n) is 4.83. The van der Waals surface area contributed by atoms with E-state index in [0.717, 1.165) is 11.3 Å². The van der Waals surface area contributed by atoms with E-state index in [2.05, 4.69) is 16.0 Å². The number of para-hydroxylation sites is 1. The van der Waals surface area contributed by atoms with Crippen LogP contribution in [0, 0.1) is 0 Å². The summed E-state index contributed by atoms with van der Waals surface area (Å²) in [6, 6.07) is 15.6. The van der Waals surface area contributed by atoms with Gasteiger partial charge in [-0.2, -0.15) is 0 Å². The lowest BCUT2D eigenvalue weighted by atomic mass is 9.94. The van der Waals surface area contributed by atoms with Gasteiger partial charge in [0.15, 0.2) is 5.11 Å². The fraction of sp³-hybridized carbons (Fsp3) is 0.261. The molecule has 0 radical (unpaired) electrons. The lowest BCUT2D eigenvalue weighted by Gasteiger charge is -2.35. The van der Waals surface area contributed by atoms with Crippen LogP contribution in [0.1, 0.15) is 32.4 Å². The summed E-state index contributed by atoms with van der Waals surface area (Å²) in [4.78, 5) is 27.0. The topological polar surface area (TPSA) is 82.7 Å². The van der Waals surface area contributed by atoms with Gasteiger partial charge in [-0.05, 0) is 62.8 Å². The number of ether oxygens (including phenoxy) is 1. The van der Waals surface area contributed by atoms with Crippen LogP contribution in [0.15, 0.2) is 65.9 Å². The Kier molecular flexibility index (Phi) is 6.91. The van der Waals surface area contributed by atoms with Crippen molar-refractivity contribution in [2.75, 3.05) is 17.7 Å². The van der Waals surface area contributed by atoms with Gasteiger partial charge in [0.1, 0.15) is 0 Å². The number of esters is 1. The zero-order valence-corrected chi connectivity index (χ0v) is 18.7. The number of thiocarbonyl (C=S) groups is 1. The fourth-order valence-electron chi connectivity index (χ4n) is 3.24. The van der Waals surface area contributed by atoms with Gasteiger partial charge in [0.25, 0.3) is 0 Å². The zero-order valence-electron chi connectivity index (χ0n) is 17.9. The molecule has 2 aromatic rings. The number of nitrogens with one attached hydrogen (secondary N) is 3. The smallest absolute Gasteiger partial charge is 0.338 e. The van der Waals surface area contributed by atoms with Crippen LogP contribution in [0.2, 0.25) is 0 Å². The second-order valence-electron chi connectivity index (χ2n) is 7.47. The Morgan fingerprint density at radius 3 is 2.39 bits per heavy atom. The number of allylic oxidation sites excluding steroid dienone is 1. The molecule has 1 atom stereocenters. The Labute approximate surface area is 187 Å². The van der Waals surface area contributed by atoms with Crippen molar-refractivity contribution in [3.8, 4) is 0 Å². The monoisotopic (exact) mass is 438 g/mol. The Morgan fingerprint density at radius 1 is 1.06 bits per heavy atom. The van der Waals surface area contributed by atoms with E-state index in [1.54, 1.807) is 30.1 Å². The molecule has 0 unspecified atom stereocenters. The molecule has 1 heterocycles. The summed E-state index contributed by atoms with van der Waals surface area (Å²) >= 11 is 5.43. The standard InChI is InChI=1S/C23H26N4O3S/c1-14(2)30-21(28)19-15(3)27(4)23(31)26-20(19)16-9-8-12-18(13-16)25-22(29)24-17-10-6-5-7-11-17/h5-14,20H,1-4H3,(H,26,31)(H2,24,25,29)/t20-/m0/s1. The number of benzene rings is 2. The average Bonchev–Trinajstić information content (AvgIpc) is 2.72. The maximum Gasteiger partial charge on any atom is 0.338 e. The van der Waals surface area contributed by atoms with E-state index in [0.29, 0.717) is 22.1 Å². The van der Waals surface area contributed by atoms with Crippen molar-refractivity contribution in [2.45, 2.75) is 32.9 Å². The lowest BCUT2D eigenvalue weighted by molar-refractivity contribution is -0.143. The molecule has 31 heavy (non-hydrogen) atoms. The van der Waals surface area contributed by atoms with Gasteiger partial charge >= 0.3 is 12.0 Å². The summed E-state index contributed by atoms with van der Waals surface area (Å²) in [5.74, 6) is -0.403. The van der Waals surface area contributed by atoms with Crippen LogP contribution in [-0.2, 0) is 9.53 Å². The molecule has 1 aliphatic heterocycles. The van der Waals surface area contributed by atoms with Crippen LogP contribution in [0.5, 0.6) is 0 Å². The summed E-state index contributed by atoms with van der Waals surface area (Å²) in [5.41, 5.74) is 3.26. The van der Waals surface area contributed by atoms with E-state index in [9.17, 15) is 9.59 Å². The second kappa shape index (κ2) is 9.61. The van der Waals surface area contributed by atoms with E-state index in [4.69, 9.17) is 17.0 Å². The van der Waals surface area contributed by atoms with Gasteiger partial charge in [-0.1, -0.05) is 30.3 Å². The molecule has 8 heteroatoms. The summed E-state index contributed by atoms with van der Waals surface area (Å²) < 4.78 is 5.47.